The molecule has 0 atom stereocenters. The van der Waals surface area contributed by atoms with Crippen molar-refractivity contribution < 1.29 is 0 Å². The molecule has 0 fully saturated rings. The van der Waals surface area contributed by atoms with Crippen molar-refractivity contribution in [2.45, 2.75) is 6.92 Å². The lowest BCUT2D eigenvalue weighted by molar-refractivity contribution is 0.935. The predicted molar refractivity (Wildman–Crippen MR) is 77.4 cm³/mol. The number of nitrogens with zero attached hydrogens (tertiary/aromatic N) is 5. The number of benzene rings is 1. The first-order valence-corrected chi connectivity index (χ1v) is 6.55. The SMILES string of the molecule is Cc1nn2c(nc(-n3ccnc3)c3ccccc32)c1Cl. The summed E-state index contributed by atoms with van der Waals surface area (Å²) >= 11 is 6.30. The molecule has 6 heteroatoms. The van der Waals surface area contributed by atoms with Gasteiger partial charge in [0.1, 0.15) is 17.2 Å². The van der Waals surface area contributed by atoms with Crippen LogP contribution in [-0.4, -0.2) is 24.1 Å². The number of para-hydroxylation sites is 1. The van der Waals surface area contributed by atoms with E-state index < -0.39 is 0 Å². The maximum atomic E-state index is 6.30. The molecule has 0 bridgehead atoms. The lowest BCUT2D eigenvalue weighted by Crippen LogP contribution is -2.01. The minimum atomic E-state index is 0.581. The van der Waals surface area contributed by atoms with Crippen LogP contribution in [0.4, 0.5) is 0 Å². The Morgan fingerprint density at radius 3 is 2.85 bits per heavy atom. The van der Waals surface area contributed by atoms with E-state index in [0.717, 1.165) is 22.4 Å². The monoisotopic (exact) mass is 283 g/mol. The summed E-state index contributed by atoms with van der Waals surface area (Å²) in [6.07, 6.45) is 5.31. The minimum absolute atomic E-state index is 0.581. The minimum Gasteiger partial charge on any atom is -0.290 e. The predicted octanol–water partition coefficient (Wildman–Crippen LogP) is 3.03. The molecule has 4 aromatic rings. The highest BCUT2D eigenvalue weighted by atomic mass is 35.5. The Morgan fingerprint density at radius 1 is 1.20 bits per heavy atom. The van der Waals surface area contributed by atoms with Gasteiger partial charge in [0.25, 0.3) is 0 Å². The molecular formula is C14H10ClN5. The Balaban J connectivity index is 2.24. The molecule has 0 aliphatic heterocycles. The molecule has 0 aliphatic rings. The lowest BCUT2D eigenvalue weighted by atomic mass is 10.2. The molecule has 0 saturated carbocycles. The van der Waals surface area contributed by atoms with E-state index in [0.29, 0.717) is 10.7 Å². The zero-order valence-corrected chi connectivity index (χ0v) is 11.4. The number of hydrogen-bond donors (Lipinski definition) is 0. The van der Waals surface area contributed by atoms with Gasteiger partial charge in [0.15, 0.2) is 5.65 Å². The molecule has 0 radical (unpaired) electrons. The van der Waals surface area contributed by atoms with Gasteiger partial charge in [-0.1, -0.05) is 23.7 Å². The second-order valence-electron chi connectivity index (χ2n) is 4.56. The first-order chi connectivity index (χ1) is 9.75. The van der Waals surface area contributed by atoms with E-state index in [2.05, 4.69) is 15.1 Å². The van der Waals surface area contributed by atoms with Gasteiger partial charge in [-0.05, 0) is 19.1 Å². The number of aromatic nitrogens is 5. The van der Waals surface area contributed by atoms with Crippen LogP contribution in [-0.2, 0) is 0 Å². The fraction of sp³-hybridized carbons (Fsp3) is 0.0714. The van der Waals surface area contributed by atoms with E-state index in [4.69, 9.17) is 11.6 Å². The molecule has 0 saturated heterocycles. The van der Waals surface area contributed by atoms with Gasteiger partial charge in [-0.15, -0.1) is 0 Å². The van der Waals surface area contributed by atoms with Gasteiger partial charge >= 0.3 is 0 Å². The van der Waals surface area contributed by atoms with Crippen LogP contribution >= 0.6 is 11.6 Å². The average Bonchev–Trinajstić information content (AvgIpc) is 3.09. The zero-order valence-electron chi connectivity index (χ0n) is 10.7. The van der Waals surface area contributed by atoms with Crippen LogP contribution in [0.1, 0.15) is 5.69 Å². The molecule has 0 unspecified atom stereocenters. The van der Waals surface area contributed by atoms with E-state index in [1.165, 1.54) is 0 Å². The average molecular weight is 284 g/mol. The van der Waals surface area contributed by atoms with Crippen LogP contribution in [0.25, 0.3) is 22.4 Å². The fourth-order valence-electron chi connectivity index (χ4n) is 2.35. The Kier molecular flexibility index (Phi) is 2.31. The van der Waals surface area contributed by atoms with Gasteiger partial charge in [0, 0.05) is 17.8 Å². The summed E-state index contributed by atoms with van der Waals surface area (Å²) in [5, 5.41) is 6.04. The molecule has 3 aromatic heterocycles. The highest BCUT2D eigenvalue weighted by Crippen LogP contribution is 2.27. The Labute approximate surface area is 119 Å². The molecule has 0 N–H and O–H groups in total. The van der Waals surface area contributed by atoms with Crippen LogP contribution in [0.2, 0.25) is 5.02 Å². The molecule has 98 valence electrons. The first kappa shape index (κ1) is 11.4. The van der Waals surface area contributed by atoms with Crippen molar-refractivity contribution >= 4 is 28.2 Å². The van der Waals surface area contributed by atoms with Crippen molar-refractivity contribution in [1.29, 1.82) is 0 Å². The van der Waals surface area contributed by atoms with E-state index in [9.17, 15) is 0 Å². The number of halogens is 1. The maximum absolute atomic E-state index is 6.30. The Hall–Kier alpha value is -2.40. The van der Waals surface area contributed by atoms with E-state index in [-0.39, 0.29) is 0 Å². The second-order valence-corrected chi connectivity index (χ2v) is 4.94. The topological polar surface area (TPSA) is 48.0 Å². The smallest absolute Gasteiger partial charge is 0.176 e. The molecule has 3 heterocycles. The van der Waals surface area contributed by atoms with E-state index >= 15 is 0 Å². The third kappa shape index (κ3) is 1.47. The van der Waals surface area contributed by atoms with E-state index in [1.54, 1.807) is 17.0 Å². The standard InChI is InChI=1S/C14H10ClN5/c1-9-12(15)14-17-13(19-7-6-16-8-19)10-4-2-3-5-11(10)20(14)18-9/h2-8H,1H3. The van der Waals surface area contributed by atoms with Gasteiger partial charge in [-0.2, -0.15) is 5.10 Å². The molecular weight excluding hydrogens is 274 g/mol. The van der Waals surface area contributed by atoms with Crippen LogP contribution in [0.3, 0.4) is 0 Å². The van der Waals surface area contributed by atoms with Crippen molar-refractivity contribution in [3.8, 4) is 5.82 Å². The first-order valence-electron chi connectivity index (χ1n) is 6.17. The van der Waals surface area contributed by atoms with Crippen molar-refractivity contribution in [3.63, 3.8) is 0 Å². The summed E-state index contributed by atoms with van der Waals surface area (Å²) in [5.74, 6) is 0.799. The zero-order chi connectivity index (χ0) is 13.7. The number of imidazole rings is 1. The second kappa shape index (κ2) is 4.05. The van der Waals surface area contributed by atoms with Crippen molar-refractivity contribution in [2.75, 3.05) is 0 Å². The third-order valence-corrected chi connectivity index (χ3v) is 3.74. The molecule has 0 aliphatic carbocycles. The normalized spacial score (nSPS) is 11.5. The van der Waals surface area contributed by atoms with Crippen LogP contribution in [0, 0.1) is 6.92 Å². The van der Waals surface area contributed by atoms with Gasteiger partial charge in [0.2, 0.25) is 0 Å². The van der Waals surface area contributed by atoms with Crippen molar-refractivity contribution in [3.05, 3.63) is 53.7 Å². The van der Waals surface area contributed by atoms with Crippen molar-refractivity contribution in [1.82, 2.24) is 24.1 Å². The summed E-state index contributed by atoms with van der Waals surface area (Å²) in [5.41, 5.74) is 2.40. The molecule has 4 rings (SSSR count). The van der Waals surface area contributed by atoms with Crippen LogP contribution in [0.5, 0.6) is 0 Å². The quantitative estimate of drug-likeness (QED) is 0.539. The number of rotatable bonds is 1. The highest BCUT2D eigenvalue weighted by Gasteiger charge is 2.15. The fourth-order valence-corrected chi connectivity index (χ4v) is 2.51. The molecule has 1 aromatic carbocycles. The Morgan fingerprint density at radius 2 is 2.05 bits per heavy atom. The molecule has 5 nitrogen and oxygen atoms in total. The van der Waals surface area contributed by atoms with Crippen molar-refractivity contribution in [2.24, 2.45) is 0 Å². The summed E-state index contributed by atoms with van der Waals surface area (Å²) < 4.78 is 3.66. The number of hydrogen-bond acceptors (Lipinski definition) is 3. The van der Waals surface area contributed by atoms with Crippen LogP contribution in [0.15, 0.2) is 43.0 Å². The molecule has 20 heavy (non-hydrogen) atoms. The maximum Gasteiger partial charge on any atom is 0.176 e. The van der Waals surface area contributed by atoms with Gasteiger partial charge < -0.3 is 0 Å². The number of aryl methyl sites for hydroxylation is 1. The Bertz CT molecular complexity index is 924. The summed E-state index contributed by atoms with van der Waals surface area (Å²) in [6, 6.07) is 7.98. The largest absolute Gasteiger partial charge is 0.290 e. The van der Waals surface area contributed by atoms with Gasteiger partial charge in [0.05, 0.1) is 11.2 Å². The van der Waals surface area contributed by atoms with Gasteiger partial charge in [-0.3, -0.25) is 4.57 Å². The summed E-state index contributed by atoms with van der Waals surface area (Å²) in [7, 11) is 0. The number of fused-ring (bicyclic) bond motifs is 3. The summed E-state index contributed by atoms with van der Waals surface area (Å²) in [4.78, 5) is 8.74. The van der Waals surface area contributed by atoms with Crippen LogP contribution < -0.4 is 0 Å². The molecule has 0 spiro atoms. The lowest BCUT2D eigenvalue weighted by Gasteiger charge is -2.08. The highest BCUT2D eigenvalue weighted by molar-refractivity contribution is 6.34. The third-order valence-electron chi connectivity index (χ3n) is 3.30. The molecule has 0 amide bonds. The van der Waals surface area contributed by atoms with E-state index in [1.807, 2.05) is 42.0 Å². The van der Waals surface area contributed by atoms with Gasteiger partial charge in [-0.25, -0.2) is 14.5 Å². The summed E-state index contributed by atoms with van der Waals surface area (Å²) in [6.45, 7) is 1.88.